The van der Waals surface area contributed by atoms with Gasteiger partial charge in [0, 0.05) is 6.54 Å². The first-order valence-corrected chi connectivity index (χ1v) is 8.24. The summed E-state index contributed by atoms with van der Waals surface area (Å²) in [5.41, 5.74) is 1.55. The van der Waals surface area contributed by atoms with Crippen LogP contribution in [0.2, 0.25) is 0 Å². The average molecular weight is 348 g/mol. The van der Waals surface area contributed by atoms with Gasteiger partial charge in [-0.15, -0.1) is 0 Å². The summed E-state index contributed by atoms with van der Waals surface area (Å²) >= 11 is 0. The Kier molecular flexibility index (Phi) is 5.72. The second-order valence-electron chi connectivity index (χ2n) is 5.57. The average Bonchev–Trinajstić information content (AvgIpc) is 2.69. The molecule has 0 unspecified atom stereocenters. The van der Waals surface area contributed by atoms with Crippen LogP contribution in [-0.2, 0) is 6.54 Å². The molecule has 26 heavy (non-hydrogen) atoms. The maximum atomic E-state index is 12.2. The van der Waals surface area contributed by atoms with Crippen LogP contribution in [0.1, 0.15) is 5.56 Å². The van der Waals surface area contributed by atoms with E-state index in [2.05, 4.69) is 10.6 Å². The molecule has 132 valence electrons. The lowest BCUT2D eigenvalue weighted by atomic mass is 10.2. The van der Waals surface area contributed by atoms with Gasteiger partial charge in [-0.1, -0.05) is 42.5 Å². The van der Waals surface area contributed by atoms with Gasteiger partial charge in [0.2, 0.25) is 0 Å². The molecule has 3 rings (SSSR count). The SMILES string of the molecule is COc1cccc(CNC(=O)Nc2ccccc2Oc2ccccc2)c1. The molecule has 0 radical (unpaired) electrons. The van der Waals surface area contributed by atoms with E-state index in [0.717, 1.165) is 11.3 Å². The molecule has 0 aliphatic rings. The molecular formula is C21H20N2O3. The third-order valence-corrected chi connectivity index (χ3v) is 3.69. The number of carbonyl (C=O) groups is 1. The third-order valence-electron chi connectivity index (χ3n) is 3.69. The number of rotatable bonds is 6. The summed E-state index contributed by atoms with van der Waals surface area (Å²) in [6.07, 6.45) is 0. The van der Waals surface area contributed by atoms with E-state index < -0.39 is 0 Å². The lowest BCUT2D eigenvalue weighted by molar-refractivity contribution is 0.251. The minimum Gasteiger partial charge on any atom is -0.497 e. The van der Waals surface area contributed by atoms with E-state index in [4.69, 9.17) is 9.47 Å². The van der Waals surface area contributed by atoms with E-state index >= 15 is 0 Å². The van der Waals surface area contributed by atoms with E-state index in [0.29, 0.717) is 23.7 Å². The van der Waals surface area contributed by atoms with Crippen molar-refractivity contribution in [2.45, 2.75) is 6.54 Å². The van der Waals surface area contributed by atoms with Crippen LogP contribution in [0, 0.1) is 0 Å². The van der Waals surface area contributed by atoms with Gasteiger partial charge in [-0.2, -0.15) is 0 Å². The topological polar surface area (TPSA) is 59.6 Å². The lowest BCUT2D eigenvalue weighted by Gasteiger charge is -2.13. The fraction of sp³-hybridized carbons (Fsp3) is 0.0952. The van der Waals surface area contributed by atoms with Crippen molar-refractivity contribution < 1.29 is 14.3 Å². The van der Waals surface area contributed by atoms with Crippen molar-refractivity contribution in [3.8, 4) is 17.2 Å². The molecule has 5 heteroatoms. The summed E-state index contributed by atoms with van der Waals surface area (Å²) in [7, 11) is 1.61. The minimum absolute atomic E-state index is 0.308. The number of amides is 2. The Labute approximate surface area is 152 Å². The minimum atomic E-state index is -0.308. The largest absolute Gasteiger partial charge is 0.497 e. The van der Waals surface area contributed by atoms with E-state index in [9.17, 15) is 4.79 Å². The highest BCUT2D eigenvalue weighted by atomic mass is 16.5. The first-order valence-electron chi connectivity index (χ1n) is 8.24. The molecule has 0 aliphatic carbocycles. The van der Waals surface area contributed by atoms with E-state index in [1.165, 1.54) is 0 Å². The van der Waals surface area contributed by atoms with Gasteiger partial charge in [0.05, 0.1) is 12.8 Å². The number of hydrogen-bond donors (Lipinski definition) is 2. The number of methoxy groups -OCH3 is 1. The van der Waals surface area contributed by atoms with Crippen LogP contribution in [-0.4, -0.2) is 13.1 Å². The van der Waals surface area contributed by atoms with Gasteiger partial charge in [-0.25, -0.2) is 4.79 Å². The molecule has 0 spiro atoms. The van der Waals surface area contributed by atoms with Gasteiger partial charge in [0.25, 0.3) is 0 Å². The van der Waals surface area contributed by atoms with Crippen LogP contribution < -0.4 is 20.1 Å². The molecule has 0 saturated carbocycles. The molecule has 0 saturated heterocycles. The Hall–Kier alpha value is -3.47. The molecule has 2 amide bonds. The molecule has 0 atom stereocenters. The van der Waals surface area contributed by atoms with Gasteiger partial charge in [-0.05, 0) is 42.0 Å². The first-order chi connectivity index (χ1) is 12.7. The van der Waals surface area contributed by atoms with Crippen molar-refractivity contribution in [3.63, 3.8) is 0 Å². The molecule has 3 aromatic rings. The molecule has 0 heterocycles. The molecule has 0 aliphatic heterocycles. The predicted octanol–water partition coefficient (Wildman–Crippen LogP) is 4.81. The second-order valence-corrected chi connectivity index (χ2v) is 5.57. The van der Waals surface area contributed by atoms with Crippen LogP contribution >= 0.6 is 0 Å². The summed E-state index contributed by atoms with van der Waals surface area (Å²) in [5, 5.41) is 5.65. The zero-order chi connectivity index (χ0) is 18.2. The molecule has 0 fully saturated rings. The predicted molar refractivity (Wildman–Crippen MR) is 102 cm³/mol. The van der Waals surface area contributed by atoms with Gasteiger partial charge in [0.1, 0.15) is 11.5 Å². The second kappa shape index (κ2) is 8.58. The number of urea groups is 1. The number of nitrogens with one attached hydrogen (secondary N) is 2. The van der Waals surface area contributed by atoms with Crippen LogP contribution in [0.3, 0.4) is 0 Å². The Morgan fingerprint density at radius 3 is 2.42 bits per heavy atom. The summed E-state index contributed by atoms with van der Waals surface area (Å²) < 4.78 is 11.0. The molecule has 3 aromatic carbocycles. The molecule has 0 bridgehead atoms. The Balaban J connectivity index is 1.62. The number of ether oxygens (including phenoxy) is 2. The summed E-state index contributed by atoms with van der Waals surface area (Å²) in [6.45, 7) is 0.394. The van der Waals surface area contributed by atoms with E-state index in [1.54, 1.807) is 13.2 Å². The quantitative estimate of drug-likeness (QED) is 0.672. The maximum Gasteiger partial charge on any atom is 0.319 e. The summed E-state index contributed by atoms with van der Waals surface area (Å²) in [6, 6.07) is 24.0. The highest BCUT2D eigenvalue weighted by molar-refractivity contribution is 5.90. The zero-order valence-electron chi connectivity index (χ0n) is 14.4. The first kappa shape index (κ1) is 17.4. The van der Waals surface area contributed by atoms with Crippen molar-refractivity contribution in [1.82, 2.24) is 5.32 Å². The van der Waals surface area contributed by atoms with Gasteiger partial charge >= 0.3 is 6.03 Å². The molecular weight excluding hydrogens is 328 g/mol. The Morgan fingerprint density at radius 2 is 1.62 bits per heavy atom. The number of carbonyl (C=O) groups excluding carboxylic acids is 1. The number of hydrogen-bond acceptors (Lipinski definition) is 3. The fourth-order valence-corrected chi connectivity index (χ4v) is 2.41. The summed E-state index contributed by atoms with van der Waals surface area (Å²) in [4.78, 5) is 12.2. The van der Waals surface area contributed by atoms with Crippen molar-refractivity contribution in [2.75, 3.05) is 12.4 Å². The van der Waals surface area contributed by atoms with Crippen LogP contribution in [0.25, 0.3) is 0 Å². The lowest BCUT2D eigenvalue weighted by Crippen LogP contribution is -2.28. The van der Waals surface area contributed by atoms with Crippen molar-refractivity contribution in [1.29, 1.82) is 0 Å². The van der Waals surface area contributed by atoms with Crippen LogP contribution in [0.5, 0.6) is 17.2 Å². The van der Waals surface area contributed by atoms with E-state index in [-0.39, 0.29) is 6.03 Å². The van der Waals surface area contributed by atoms with Crippen LogP contribution in [0.4, 0.5) is 10.5 Å². The van der Waals surface area contributed by atoms with Gasteiger partial charge in [0.15, 0.2) is 5.75 Å². The van der Waals surface area contributed by atoms with Gasteiger partial charge in [-0.3, -0.25) is 0 Å². The number of anilines is 1. The monoisotopic (exact) mass is 348 g/mol. The molecule has 5 nitrogen and oxygen atoms in total. The molecule has 0 aromatic heterocycles. The standard InChI is InChI=1S/C21H20N2O3/c1-25-18-11-7-8-16(14-18)15-22-21(24)23-19-12-5-6-13-20(19)26-17-9-3-2-4-10-17/h2-14H,15H2,1H3,(H2,22,23,24). The highest BCUT2D eigenvalue weighted by Gasteiger charge is 2.08. The number of para-hydroxylation sites is 3. The van der Waals surface area contributed by atoms with Crippen molar-refractivity contribution in [2.24, 2.45) is 0 Å². The number of benzene rings is 3. The summed E-state index contributed by atoms with van der Waals surface area (Å²) in [5.74, 6) is 2.04. The van der Waals surface area contributed by atoms with Crippen molar-refractivity contribution in [3.05, 3.63) is 84.4 Å². The van der Waals surface area contributed by atoms with Gasteiger partial charge < -0.3 is 20.1 Å². The smallest absolute Gasteiger partial charge is 0.319 e. The highest BCUT2D eigenvalue weighted by Crippen LogP contribution is 2.28. The third kappa shape index (κ3) is 4.77. The molecule has 2 N–H and O–H groups in total. The fourth-order valence-electron chi connectivity index (χ4n) is 2.41. The van der Waals surface area contributed by atoms with Crippen molar-refractivity contribution >= 4 is 11.7 Å². The van der Waals surface area contributed by atoms with Crippen LogP contribution in [0.15, 0.2) is 78.9 Å². The maximum absolute atomic E-state index is 12.2. The Morgan fingerprint density at radius 1 is 0.885 bits per heavy atom. The normalized spacial score (nSPS) is 10.0. The Bertz CT molecular complexity index is 866. The van der Waals surface area contributed by atoms with E-state index in [1.807, 2.05) is 72.8 Å². The zero-order valence-corrected chi connectivity index (χ0v) is 14.4.